The minimum absolute atomic E-state index is 0.261. The van der Waals surface area contributed by atoms with Crippen LogP contribution in [0.1, 0.15) is 25.0 Å². The van der Waals surface area contributed by atoms with Gasteiger partial charge in [0, 0.05) is 68.2 Å². The number of hydrogen-bond acceptors (Lipinski definition) is 10. The molecule has 3 aromatic rings. The molecule has 2 aliphatic rings. The number of aromatic nitrogens is 2. The van der Waals surface area contributed by atoms with Crippen molar-refractivity contribution < 1.29 is 14.3 Å². The van der Waals surface area contributed by atoms with Crippen LogP contribution < -0.4 is 19.6 Å². The minimum atomic E-state index is -0.261. The van der Waals surface area contributed by atoms with Crippen molar-refractivity contribution >= 4 is 42.5 Å². The average molecular weight is 587 g/mol. The van der Waals surface area contributed by atoms with Crippen LogP contribution in [-0.2, 0) is 10.2 Å². The van der Waals surface area contributed by atoms with Crippen molar-refractivity contribution in [3.05, 3.63) is 52.7 Å². The molecule has 1 radical (unpaired) electrons. The minimum Gasteiger partial charge on any atom is -0.494 e. The molecule has 1 N–H and O–H groups in total. The third-order valence-corrected chi connectivity index (χ3v) is 8.06. The topological polar surface area (TPSA) is 107 Å². The molecule has 5 rings (SSSR count). The van der Waals surface area contributed by atoms with Crippen LogP contribution in [0.4, 0.5) is 17.3 Å². The van der Waals surface area contributed by atoms with Gasteiger partial charge in [-0.05, 0) is 36.9 Å². The first-order valence-corrected chi connectivity index (χ1v) is 14.3. The van der Waals surface area contributed by atoms with Crippen LogP contribution in [0.2, 0.25) is 5.02 Å². The Morgan fingerprint density at radius 1 is 1.19 bits per heavy atom. The SMILES string of the molecule is COc1cc(OCCN2CCN(C)CC2)c(Cl)cc1Nc1nccc(-c2cc(C#N)c3c(c2)C(C)(C)CN3[B]C=O)n1. The van der Waals surface area contributed by atoms with Crippen LogP contribution in [0.3, 0.4) is 0 Å². The van der Waals surface area contributed by atoms with Crippen molar-refractivity contribution in [1.29, 1.82) is 5.26 Å². The van der Waals surface area contributed by atoms with Crippen LogP contribution >= 0.6 is 11.6 Å². The molecule has 1 saturated heterocycles. The third-order valence-electron chi connectivity index (χ3n) is 7.77. The number of nitrogens with zero attached hydrogens (tertiary/aromatic N) is 6. The second kappa shape index (κ2) is 12.6. The van der Waals surface area contributed by atoms with E-state index in [9.17, 15) is 10.1 Å². The molecule has 42 heavy (non-hydrogen) atoms. The summed E-state index contributed by atoms with van der Waals surface area (Å²) in [6.45, 7) is 10.3. The van der Waals surface area contributed by atoms with Crippen molar-refractivity contribution in [2.45, 2.75) is 19.3 Å². The Labute approximate surface area is 252 Å². The highest BCUT2D eigenvalue weighted by Crippen LogP contribution is 2.44. The smallest absolute Gasteiger partial charge is 0.329 e. The Morgan fingerprint density at radius 3 is 2.69 bits per heavy atom. The van der Waals surface area contributed by atoms with E-state index < -0.39 is 0 Å². The lowest BCUT2D eigenvalue weighted by molar-refractivity contribution is 0.133. The second-order valence-corrected chi connectivity index (χ2v) is 11.6. The van der Waals surface area contributed by atoms with E-state index in [1.807, 2.05) is 10.9 Å². The average Bonchev–Trinajstić information content (AvgIpc) is 3.24. The zero-order valence-corrected chi connectivity index (χ0v) is 25.1. The molecule has 217 valence electrons. The van der Waals surface area contributed by atoms with Gasteiger partial charge in [-0.15, -0.1) is 0 Å². The standard InChI is InChI=1S/C30H34BClN7O3/c1-30(2)18-39(31-19-40)28-21(17-33)13-20(14-22(28)30)24-5-6-34-29(35-24)36-25-15-23(32)26(16-27(25)41-4)42-12-11-38-9-7-37(3)8-10-38/h5-6,13-16,19H,7-12,18H2,1-4H3,(H,34,35,36). The molecule has 0 saturated carbocycles. The molecule has 0 spiro atoms. The highest BCUT2D eigenvalue weighted by atomic mass is 35.5. The lowest BCUT2D eigenvalue weighted by Crippen LogP contribution is -2.45. The molecule has 1 fully saturated rings. The molecule has 0 aliphatic carbocycles. The summed E-state index contributed by atoms with van der Waals surface area (Å²) in [6, 6.07) is 11.4. The van der Waals surface area contributed by atoms with E-state index in [2.05, 4.69) is 47.1 Å². The molecule has 12 heteroatoms. The van der Waals surface area contributed by atoms with Crippen molar-refractivity contribution in [3.8, 4) is 28.8 Å². The molecule has 1 aromatic heterocycles. The Kier molecular flexibility index (Phi) is 8.87. The molecule has 3 heterocycles. The van der Waals surface area contributed by atoms with Crippen molar-refractivity contribution in [3.63, 3.8) is 0 Å². The maximum atomic E-state index is 11.2. The zero-order chi connectivity index (χ0) is 29.9. The van der Waals surface area contributed by atoms with E-state index >= 15 is 0 Å². The summed E-state index contributed by atoms with van der Waals surface area (Å²) < 4.78 is 11.6. The summed E-state index contributed by atoms with van der Waals surface area (Å²) >= 11 is 6.60. The monoisotopic (exact) mass is 586 g/mol. The van der Waals surface area contributed by atoms with Crippen molar-refractivity contribution in [2.75, 3.05) is 70.2 Å². The number of hydrogen-bond donors (Lipinski definition) is 1. The third kappa shape index (κ3) is 6.31. The van der Waals surface area contributed by atoms with Crippen LogP contribution in [0.25, 0.3) is 11.3 Å². The predicted molar refractivity (Wildman–Crippen MR) is 166 cm³/mol. The van der Waals surface area contributed by atoms with E-state index in [1.54, 1.807) is 37.6 Å². The summed E-state index contributed by atoms with van der Waals surface area (Å²) in [7, 11) is 5.20. The number of likely N-dealkylation sites (N-methyl/N-ethyl adjacent to an activating group) is 1. The highest BCUT2D eigenvalue weighted by molar-refractivity contribution is 6.70. The Hall–Kier alpha value is -3.85. The van der Waals surface area contributed by atoms with Gasteiger partial charge in [0.25, 0.3) is 0 Å². The number of anilines is 3. The molecule has 0 atom stereocenters. The lowest BCUT2D eigenvalue weighted by atomic mass is 9.84. The van der Waals surface area contributed by atoms with Gasteiger partial charge in [0.1, 0.15) is 30.4 Å². The number of carbonyl (C=O) groups is 1. The van der Waals surface area contributed by atoms with Crippen LogP contribution in [-0.4, -0.2) is 93.4 Å². The van der Waals surface area contributed by atoms with Crippen LogP contribution in [0.15, 0.2) is 36.5 Å². The number of benzene rings is 2. The maximum Gasteiger partial charge on any atom is 0.329 e. The summed E-state index contributed by atoms with van der Waals surface area (Å²) in [5, 5.41) is 13.6. The first kappa shape index (κ1) is 29.6. The normalized spacial score (nSPS) is 16.4. The summed E-state index contributed by atoms with van der Waals surface area (Å²) in [6.07, 6.45) is 2.40. The number of nitriles is 1. The number of ether oxygens (including phenoxy) is 2. The van der Waals surface area contributed by atoms with Gasteiger partial charge < -0.3 is 29.3 Å². The summed E-state index contributed by atoms with van der Waals surface area (Å²) in [5.41, 5.74) is 3.99. The number of carbonyl (C=O) groups excluding carboxylic acids is 1. The molecule has 0 amide bonds. The fourth-order valence-electron chi connectivity index (χ4n) is 5.45. The number of rotatable bonds is 10. The van der Waals surface area contributed by atoms with Crippen LogP contribution in [0, 0.1) is 11.3 Å². The summed E-state index contributed by atoms with van der Waals surface area (Å²) in [5.74, 6) is 1.44. The number of nitrogens with one attached hydrogen (secondary N) is 1. The molecular formula is C30H34BClN7O3. The van der Waals surface area contributed by atoms with Gasteiger partial charge in [0.05, 0.1) is 29.1 Å². The van der Waals surface area contributed by atoms with Gasteiger partial charge in [0.15, 0.2) is 0 Å². The van der Waals surface area contributed by atoms with Gasteiger partial charge in [-0.25, -0.2) is 9.97 Å². The molecule has 0 bridgehead atoms. The van der Waals surface area contributed by atoms with Crippen molar-refractivity contribution in [2.24, 2.45) is 0 Å². The zero-order valence-electron chi connectivity index (χ0n) is 24.4. The highest BCUT2D eigenvalue weighted by Gasteiger charge is 2.37. The predicted octanol–water partition coefficient (Wildman–Crippen LogP) is 3.95. The van der Waals surface area contributed by atoms with Gasteiger partial charge in [-0.3, -0.25) is 4.90 Å². The molecule has 0 unspecified atom stereocenters. The quantitative estimate of drug-likeness (QED) is 0.277. The number of fused-ring (bicyclic) bond motifs is 1. The van der Waals surface area contributed by atoms with E-state index in [0.717, 1.165) is 55.7 Å². The number of methoxy groups -OCH3 is 1. The van der Waals surface area contributed by atoms with Gasteiger partial charge in [0.2, 0.25) is 5.95 Å². The first-order chi connectivity index (χ1) is 20.2. The molecule has 10 nitrogen and oxygen atoms in total. The Bertz CT molecular complexity index is 1500. The number of piperazine rings is 1. The first-order valence-electron chi connectivity index (χ1n) is 13.9. The molecule has 2 aromatic carbocycles. The van der Waals surface area contributed by atoms with E-state index in [0.29, 0.717) is 52.6 Å². The van der Waals surface area contributed by atoms with Gasteiger partial charge in [-0.2, -0.15) is 5.26 Å². The Morgan fingerprint density at radius 2 is 1.98 bits per heavy atom. The second-order valence-electron chi connectivity index (χ2n) is 11.2. The van der Waals surface area contributed by atoms with E-state index in [1.165, 1.54) is 7.41 Å². The van der Waals surface area contributed by atoms with Crippen molar-refractivity contribution in [1.82, 2.24) is 19.8 Å². The van der Waals surface area contributed by atoms with Gasteiger partial charge in [-0.1, -0.05) is 25.4 Å². The van der Waals surface area contributed by atoms with E-state index in [-0.39, 0.29) is 5.41 Å². The largest absolute Gasteiger partial charge is 0.494 e. The molecular weight excluding hydrogens is 553 g/mol. The fraction of sp³-hybridized carbons (Fsp3) is 0.400. The summed E-state index contributed by atoms with van der Waals surface area (Å²) in [4.78, 5) is 26.9. The molecule has 2 aliphatic heterocycles. The van der Waals surface area contributed by atoms with E-state index in [4.69, 9.17) is 26.1 Å². The van der Waals surface area contributed by atoms with Crippen LogP contribution in [0.5, 0.6) is 11.5 Å². The number of halogens is 1. The Balaban J connectivity index is 1.35. The van der Waals surface area contributed by atoms with Gasteiger partial charge >= 0.3 is 7.41 Å². The fourth-order valence-corrected chi connectivity index (χ4v) is 5.67. The maximum absolute atomic E-state index is 11.2. The lowest BCUT2D eigenvalue weighted by Gasteiger charge is -2.32.